The lowest BCUT2D eigenvalue weighted by molar-refractivity contribution is -0.142. The largest absolute Gasteiger partial charge is 0.468 e. The molecule has 0 N–H and O–H groups in total. The molecular weight excluding hydrogens is 242 g/mol. The minimum atomic E-state index is -0.432. The molecule has 0 spiro atoms. The fraction of sp³-hybridized carbons (Fsp3) is 0.364. The van der Waals surface area contributed by atoms with Gasteiger partial charge in [0.25, 0.3) is 0 Å². The number of fused-ring (bicyclic) bond motifs is 1. The predicted octanol–water partition coefficient (Wildman–Crippen LogP) is 2.05. The Morgan fingerprint density at radius 2 is 2.41 bits per heavy atom. The van der Waals surface area contributed by atoms with Gasteiger partial charge in [-0.25, -0.2) is 9.50 Å². The molecule has 0 amide bonds. The van der Waals surface area contributed by atoms with Gasteiger partial charge in [-0.1, -0.05) is 18.5 Å². The summed E-state index contributed by atoms with van der Waals surface area (Å²) < 4.78 is 6.31. The molecule has 2 heterocycles. The summed E-state index contributed by atoms with van der Waals surface area (Å²) >= 11 is 5.86. The highest BCUT2D eigenvalue weighted by atomic mass is 35.5. The smallest absolute Gasteiger partial charge is 0.316 e. The summed E-state index contributed by atoms with van der Waals surface area (Å²) in [5, 5.41) is 4.83. The quantitative estimate of drug-likeness (QED) is 0.786. The van der Waals surface area contributed by atoms with E-state index in [4.69, 9.17) is 16.3 Å². The second-order valence-corrected chi connectivity index (χ2v) is 4.04. The Balaban J connectivity index is 2.44. The number of hydrogen-bond donors (Lipinski definition) is 0. The van der Waals surface area contributed by atoms with Gasteiger partial charge in [-0.05, 0) is 12.5 Å². The number of hydrogen-bond acceptors (Lipinski definition) is 4. The third-order valence-corrected chi connectivity index (χ3v) is 2.76. The number of carbonyl (C=O) groups is 1. The van der Waals surface area contributed by atoms with Crippen LogP contribution in [0.5, 0.6) is 0 Å². The van der Waals surface area contributed by atoms with E-state index in [1.165, 1.54) is 7.11 Å². The lowest BCUT2D eigenvalue weighted by Crippen LogP contribution is -2.14. The minimum absolute atomic E-state index is 0.325. The van der Waals surface area contributed by atoms with Crippen LogP contribution in [0.15, 0.2) is 18.3 Å². The predicted molar refractivity (Wildman–Crippen MR) is 63.0 cm³/mol. The molecular formula is C11H12ClN3O2. The van der Waals surface area contributed by atoms with Crippen molar-refractivity contribution in [3.63, 3.8) is 0 Å². The zero-order valence-electron chi connectivity index (χ0n) is 9.55. The molecule has 90 valence electrons. The van der Waals surface area contributed by atoms with Gasteiger partial charge >= 0.3 is 5.97 Å². The molecule has 0 bridgehead atoms. The van der Waals surface area contributed by atoms with Crippen LogP contribution in [0.1, 0.15) is 25.1 Å². The molecule has 0 fully saturated rings. The average molecular weight is 254 g/mol. The molecule has 0 saturated carbocycles. The van der Waals surface area contributed by atoms with Gasteiger partial charge in [0.1, 0.15) is 5.92 Å². The van der Waals surface area contributed by atoms with Crippen molar-refractivity contribution in [1.29, 1.82) is 0 Å². The van der Waals surface area contributed by atoms with Crippen LogP contribution in [-0.2, 0) is 9.53 Å². The van der Waals surface area contributed by atoms with Crippen LogP contribution in [0.4, 0.5) is 0 Å². The standard InChI is InChI=1S/C11H12ClN3O2/c1-3-8(11(16)17-2)10-13-9-6-7(12)4-5-15(9)14-10/h4-6,8H,3H2,1-2H3. The fourth-order valence-electron chi connectivity index (χ4n) is 1.62. The van der Waals surface area contributed by atoms with Crippen LogP contribution < -0.4 is 0 Å². The number of pyridine rings is 1. The number of ether oxygens (including phenoxy) is 1. The monoisotopic (exact) mass is 253 g/mol. The maximum atomic E-state index is 11.5. The average Bonchev–Trinajstić information content (AvgIpc) is 2.72. The maximum Gasteiger partial charge on any atom is 0.316 e. The molecule has 17 heavy (non-hydrogen) atoms. The Bertz CT molecular complexity index is 553. The van der Waals surface area contributed by atoms with E-state index < -0.39 is 5.92 Å². The number of nitrogens with zero attached hydrogens (tertiary/aromatic N) is 3. The first-order valence-electron chi connectivity index (χ1n) is 5.25. The third kappa shape index (κ3) is 2.24. The molecule has 0 radical (unpaired) electrons. The van der Waals surface area contributed by atoms with E-state index >= 15 is 0 Å². The van der Waals surface area contributed by atoms with Gasteiger partial charge in [-0.15, -0.1) is 0 Å². The Kier molecular flexibility index (Phi) is 3.28. The number of aromatic nitrogens is 3. The second kappa shape index (κ2) is 4.71. The second-order valence-electron chi connectivity index (χ2n) is 3.60. The molecule has 6 heteroatoms. The fourth-order valence-corrected chi connectivity index (χ4v) is 1.77. The van der Waals surface area contributed by atoms with Crippen LogP contribution in [-0.4, -0.2) is 27.7 Å². The molecule has 0 saturated heterocycles. The maximum absolute atomic E-state index is 11.5. The van der Waals surface area contributed by atoms with Gasteiger partial charge in [0.15, 0.2) is 11.5 Å². The molecule has 1 unspecified atom stereocenters. The summed E-state index contributed by atoms with van der Waals surface area (Å²) in [6.45, 7) is 1.89. The Morgan fingerprint density at radius 1 is 1.65 bits per heavy atom. The van der Waals surface area contributed by atoms with Gasteiger partial charge in [0, 0.05) is 17.3 Å². The van der Waals surface area contributed by atoms with Crippen LogP contribution in [0.25, 0.3) is 5.65 Å². The Morgan fingerprint density at radius 3 is 3.06 bits per heavy atom. The van der Waals surface area contributed by atoms with Crippen molar-refractivity contribution in [1.82, 2.24) is 14.6 Å². The van der Waals surface area contributed by atoms with E-state index in [9.17, 15) is 4.79 Å². The number of methoxy groups -OCH3 is 1. The normalized spacial score (nSPS) is 12.6. The zero-order chi connectivity index (χ0) is 12.4. The highest BCUT2D eigenvalue weighted by Gasteiger charge is 2.23. The summed E-state index contributed by atoms with van der Waals surface area (Å²) in [5.74, 6) is -0.296. The van der Waals surface area contributed by atoms with Crippen molar-refractivity contribution in [2.75, 3.05) is 7.11 Å². The van der Waals surface area contributed by atoms with Crippen molar-refractivity contribution in [2.45, 2.75) is 19.3 Å². The van der Waals surface area contributed by atoms with Gasteiger partial charge in [-0.2, -0.15) is 5.10 Å². The first kappa shape index (κ1) is 11.9. The number of rotatable bonds is 3. The van der Waals surface area contributed by atoms with Gasteiger partial charge in [0.05, 0.1) is 7.11 Å². The highest BCUT2D eigenvalue weighted by molar-refractivity contribution is 6.30. The summed E-state index contributed by atoms with van der Waals surface area (Å²) in [6, 6.07) is 3.41. The Labute approximate surface area is 103 Å². The number of halogens is 1. The molecule has 2 aromatic rings. The highest BCUT2D eigenvalue weighted by Crippen LogP contribution is 2.19. The topological polar surface area (TPSA) is 56.5 Å². The van der Waals surface area contributed by atoms with Crippen molar-refractivity contribution >= 4 is 23.2 Å². The van der Waals surface area contributed by atoms with E-state index in [1.54, 1.807) is 22.8 Å². The Hall–Kier alpha value is -1.62. The number of carbonyl (C=O) groups excluding carboxylic acids is 1. The van der Waals surface area contributed by atoms with Crippen molar-refractivity contribution < 1.29 is 9.53 Å². The van der Waals surface area contributed by atoms with E-state index in [0.29, 0.717) is 22.9 Å². The van der Waals surface area contributed by atoms with Crippen LogP contribution in [0.2, 0.25) is 5.02 Å². The first-order valence-corrected chi connectivity index (χ1v) is 5.63. The lowest BCUT2D eigenvalue weighted by atomic mass is 10.1. The van der Waals surface area contributed by atoms with Gasteiger partial charge < -0.3 is 4.74 Å². The van der Waals surface area contributed by atoms with Crippen LogP contribution in [0.3, 0.4) is 0 Å². The minimum Gasteiger partial charge on any atom is -0.468 e. The SMILES string of the molecule is CCC(C(=O)OC)c1nc2cc(Cl)ccn2n1. The lowest BCUT2D eigenvalue weighted by Gasteiger charge is -2.06. The molecule has 2 rings (SSSR count). The van der Waals surface area contributed by atoms with E-state index in [0.717, 1.165) is 0 Å². The molecule has 0 aromatic carbocycles. The summed E-state index contributed by atoms with van der Waals surface area (Å²) in [4.78, 5) is 15.8. The van der Waals surface area contributed by atoms with E-state index in [-0.39, 0.29) is 5.97 Å². The summed E-state index contributed by atoms with van der Waals surface area (Å²) in [7, 11) is 1.36. The van der Waals surface area contributed by atoms with Crippen LogP contribution in [0, 0.1) is 0 Å². The zero-order valence-corrected chi connectivity index (χ0v) is 10.3. The van der Waals surface area contributed by atoms with Crippen molar-refractivity contribution in [3.05, 3.63) is 29.2 Å². The molecule has 5 nitrogen and oxygen atoms in total. The van der Waals surface area contributed by atoms with Gasteiger partial charge in [0.2, 0.25) is 0 Å². The van der Waals surface area contributed by atoms with Crippen LogP contribution >= 0.6 is 11.6 Å². The molecule has 1 atom stereocenters. The van der Waals surface area contributed by atoms with E-state index in [1.807, 2.05) is 6.92 Å². The molecule has 0 aliphatic rings. The summed E-state index contributed by atoms with van der Waals surface area (Å²) in [6.07, 6.45) is 2.30. The molecule has 2 aromatic heterocycles. The summed E-state index contributed by atoms with van der Waals surface area (Å²) in [5.41, 5.74) is 0.620. The first-order chi connectivity index (χ1) is 8.15. The van der Waals surface area contributed by atoms with Crippen molar-refractivity contribution in [3.8, 4) is 0 Å². The van der Waals surface area contributed by atoms with Crippen molar-refractivity contribution in [2.24, 2.45) is 0 Å². The van der Waals surface area contributed by atoms with E-state index in [2.05, 4.69) is 10.1 Å². The molecule has 0 aliphatic heterocycles. The van der Waals surface area contributed by atoms with Gasteiger partial charge in [-0.3, -0.25) is 4.79 Å². The number of esters is 1. The third-order valence-electron chi connectivity index (χ3n) is 2.52. The molecule has 0 aliphatic carbocycles.